The lowest BCUT2D eigenvalue weighted by Crippen LogP contribution is -2.32. The van der Waals surface area contributed by atoms with Crippen molar-refractivity contribution in [3.05, 3.63) is 41.1 Å². The maximum Gasteiger partial charge on any atom is 0.119 e. The molecule has 0 radical (unpaired) electrons. The third kappa shape index (κ3) is 3.65. The van der Waals surface area contributed by atoms with Crippen LogP contribution in [0, 0.1) is 0 Å². The van der Waals surface area contributed by atoms with E-state index in [2.05, 4.69) is 0 Å². The lowest BCUT2D eigenvalue weighted by molar-refractivity contribution is 0.158. The molecule has 0 spiro atoms. The molecule has 1 aliphatic heterocycles. The van der Waals surface area contributed by atoms with E-state index < -0.39 is 0 Å². The third-order valence-corrected chi connectivity index (χ3v) is 2.82. The van der Waals surface area contributed by atoms with Gasteiger partial charge in [0.2, 0.25) is 0 Å². The molecule has 1 heterocycles. The number of ether oxygens (including phenoxy) is 2. The highest BCUT2D eigenvalue weighted by atomic mass is 35.5. The maximum absolute atomic E-state index is 5.98. The Morgan fingerprint density at radius 3 is 2.76 bits per heavy atom. The summed E-state index contributed by atoms with van der Waals surface area (Å²) in [6, 6.07) is 7.03. The van der Waals surface area contributed by atoms with E-state index in [-0.39, 0.29) is 6.04 Å². The molecule has 4 heteroatoms. The van der Waals surface area contributed by atoms with E-state index in [0.29, 0.717) is 11.6 Å². The van der Waals surface area contributed by atoms with Gasteiger partial charge in [0.25, 0.3) is 0 Å². The van der Waals surface area contributed by atoms with Crippen molar-refractivity contribution in [1.29, 1.82) is 0 Å². The summed E-state index contributed by atoms with van der Waals surface area (Å²) in [4.78, 5) is 0. The minimum Gasteiger partial charge on any atom is -0.496 e. The second kappa shape index (κ2) is 5.94. The summed E-state index contributed by atoms with van der Waals surface area (Å²) in [5, 5.41) is 0.694. The predicted molar refractivity (Wildman–Crippen MR) is 68.2 cm³/mol. The summed E-state index contributed by atoms with van der Waals surface area (Å²) in [7, 11) is 0. The van der Waals surface area contributed by atoms with Gasteiger partial charge in [-0.05, 0) is 43.2 Å². The topological polar surface area (TPSA) is 44.5 Å². The third-order valence-electron chi connectivity index (χ3n) is 2.57. The van der Waals surface area contributed by atoms with Crippen LogP contribution in [0.1, 0.15) is 12.8 Å². The standard InChI is InChI=1S/C13H16ClNO2/c14-10-4-6-11(7-5-10)17-9-12(15)13-3-1-2-8-16-13/h3-7,12H,1-2,8-9,15H2. The van der Waals surface area contributed by atoms with Gasteiger partial charge in [-0.1, -0.05) is 11.6 Å². The molecular weight excluding hydrogens is 238 g/mol. The number of nitrogens with two attached hydrogens (primary N) is 1. The van der Waals surface area contributed by atoms with E-state index in [1.165, 1.54) is 0 Å². The minimum absolute atomic E-state index is 0.203. The molecule has 0 aromatic heterocycles. The van der Waals surface area contributed by atoms with E-state index in [9.17, 15) is 0 Å². The Labute approximate surface area is 106 Å². The molecule has 1 atom stereocenters. The van der Waals surface area contributed by atoms with Crippen LogP contribution in [0.25, 0.3) is 0 Å². The van der Waals surface area contributed by atoms with Crippen LogP contribution in [0.15, 0.2) is 36.1 Å². The molecule has 0 bridgehead atoms. The first-order valence-electron chi connectivity index (χ1n) is 5.72. The molecule has 1 aliphatic rings. The molecule has 0 saturated heterocycles. The van der Waals surface area contributed by atoms with Crippen LogP contribution in [0.4, 0.5) is 0 Å². The van der Waals surface area contributed by atoms with Crippen LogP contribution in [-0.2, 0) is 4.74 Å². The number of hydrogen-bond donors (Lipinski definition) is 1. The van der Waals surface area contributed by atoms with Crippen molar-refractivity contribution in [3.63, 3.8) is 0 Å². The van der Waals surface area contributed by atoms with Crippen molar-refractivity contribution in [3.8, 4) is 5.75 Å². The van der Waals surface area contributed by atoms with Crippen molar-refractivity contribution in [1.82, 2.24) is 0 Å². The number of allylic oxidation sites excluding steroid dienone is 1. The van der Waals surface area contributed by atoms with Crippen molar-refractivity contribution >= 4 is 11.6 Å². The van der Waals surface area contributed by atoms with E-state index in [0.717, 1.165) is 31.0 Å². The number of rotatable bonds is 4. The van der Waals surface area contributed by atoms with Crippen LogP contribution in [0.3, 0.4) is 0 Å². The number of hydrogen-bond acceptors (Lipinski definition) is 3. The van der Waals surface area contributed by atoms with E-state index in [1.807, 2.05) is 18.2 Å². The first-order valence-corrected chi connectivity index (χ1v) is 6.10. The smallest absolute Gasteiger partial charge is 0.119 e. The second-order valence-corrected chi connectivity index (χ2v) is 4.41. The molecular formula is C13H16ClNO2. The largest absolute Gasteiger partial charge is 0.496 e. The van der Waals surface area contributed by atoms with E-state index in [4.69, 9.17) is 26.8 Å². The fourth-order valence-corrected chi connectivity index (χ4v) is 1.76. The number of halogens is 1. The minimum atomic E-state index is -0.203. The fourth-order valence-electron chi connectivity index (χ4n) is 1.63. The summed E-state index contributed by atoms with van der Waals surface area (Å²) in [5.74, 6) is 1.60. The highest BCUT2D eigenvalue weighted by molar-refractivity contribution is 6.30. The highest BCUT2D eigenvalue weighted by Crippen LogP contribution is 2.17. The van der Waals surface area contributed by atoms with E-state index >= 15 is 0 Å². The van der Waals surface area contributed by atoms with Gasteiger partial charge in [0.15, 0.2) is 0 Å². The lowest BCUT2D eigenvalue weighted by atomic mass is 10.2. The van der Waals surface area contributed by atoms with Crippen LogP contribution >= 0.6 is 11.6 Å². The maximum atomic E-state index is 5.98. The zero-order chi connectivity index (χ0) is 12.1. The average molecular weight is 254 g/mol. The van der Waals surface area contributed by atoms with Gasteiger partial charge in [-0.3, -0.25) is 0 Å². The Balaban J connectivity index is 1.85. The summed E-state index contributed by atoms with van der Waals surface area (Å²) >= 11 is 5.79. The van der Waals surface area contributed by atoms with E-state index in [1.54, 1.807) is 12.1 Å². The van der Waals surface area contributed by atoms with Crippen LogP contribution in [-0.4, -0.2) is 19.3 Å². The Kier molecular flexibility index (Phi) is 4.29. The molecule has 1 aromatic carbocycles. The van der Waals surface area contributed by atoms with Gasteiger partial charge in [0.1, 0.15) is 18.1 Å². The first kappa shape index (κ1) is 12.3. The summed E-state index contributed by atoms with van der Waals surface area (Å²) in [6.07, 6.45) is 4.14. The molecule has 3 nitrogen and oxygen atoms in total. The van der Waals surface area contributed by atoms with Crippen LogP contribution < -0.4 is 10.5 Å². The Bertz CT molecular complexity index is 389. The van der Waals surface area contributed by atoms with Gasteiger partial charge in [-0.15, -0.1) is 0 Å². The molecule has 1 unspecified atom stereocenters. The summed E-state index contributed by atoms with van der Waals surface area (Å²) in [5.41, 5.74) is 5.98. The molecule has 2 rings (SSSR count). The predicted octanol–water partition coefficient (Wildman–Crippen LogP) is 2.74. The summed E-state index contributed by atoms with van der Waals surface area (Å²) in [6.45, 7) is 1.16. The average Bonchev–Trinajstić information content (AvgIpc) is 2.39. The molecule has 0 amide bonds. The zero-order valence-corrected chi connectivity index (χ0v) is 10.3. The molecule has 2 N–H and O–H groups in total. The van der Waals surface area contributed by atoms with Gasteiger partial charge in [0.05, 0.1) is 12.6 Å². The van der Waals surface area contributed by atoms with Gasteiger partial charge < -0.3 is 15.2 Å². The normalized spacial score (nSPS) is 16.9. The Morgan fingerprint density at radius 1 is 1.35 bits per heavy atom. The first-order chi connectivity index (χ1) is 8.25. The molecule has 92 valence electrons. The lowest BCUT2D eigenvalue weighted by Gasteiger charge is -2.20. The molecule has 17 heavy (non-hydrogen) atoms. The Morgan fingerprint density at radius 2 is 2.12 bits per heavy atom. The fraction of sp³-hybridized carbons (Fsp3) is 0.385. The molecule has 0 saturated carbocycles. The van der Waals surface area contributed by atoms with Crippen LogP contribution in [0.5, 0.6) is 5.75 Å². The SMILES string of the molecule is NC(COc1ccc(Cl)cc1)C1=CCCCO1. The second-order valence-electron chi connectivity index (χ2n) is 3.97. The van der Waals surface area contributed by atoms with Crippen LogP contribution in [0.2, 0.25) is 5.02 Å². The molecule has 0 fully saturated rings. The van der Waals surface area contributed by atoms with Crippen molar-refractivity contribution in [2.24, 2.45) is 5.73 Å². The molecule has 1 aromatic rings. The molecule has 0 aliphatic carbocycles. The van der Waals surface area contributed by atoms with Gasteiger partial charge in [-0.25, -0.2) is 0 Å². The quantitative estimate of drug-likeness (QED) is 0.897. The van der Waals surface area contributed by atoms with Gasteiger partial charge >= 0.3 is 0 Å². The summed E-state index contributed by atoms with van der Waals surface area (Å²) < 4.78 is 11.1. The number of benzene rings is 1. The van der Waals surface area contributed by atoms with Gasteiger partial charge in [0, 0.05) is 5.02 Å². The van der Waals surface area contributed by atoms with Gasteiger partial charge in [-0.2, -0.15) is 0 Å². The van der Waals surface area contributed by atoms with Crippen molar-refractivity contribution in [2.75, 3.05) is 13.2 Å². The van der Waals surface area contributed by atoms with Crippen molar-refractivity contribution < 1.29 is 9.47 Å². The van der Waals surface area contributed by atoms with Crippen molar-refractivity contribution in [2.45, 2.75) is 18.9 Å². The Hall–Kier alpha value is -1.19. The highest BCUT2D eigenvalue weighted by Gasteiger charge is 2.14. The monoisotopic (exact) mass is 253 g/mol. The zero-order valence-electron chi connectivity index (χ0n) is 9.56.